The van der Waals surface area contributed by atoms with Gasteiger partial charge in [0.2, 0.25) is 0 Å². The summed E-state index contributed by atoms with van der Waals surface area (Å²) in [6, 6.07) is 13.8. The molecular weight excluding hydrogens is 224 g/mol. The SMILES string of the molecule is O=C(NN1CCCC1)c1ccc2cccccc1-2. The molecule has 0 bridgehead atoms. The van der Waals surface area contributed by atoms with Gasteiger partial charge in [-0.1, -0.05) is 36.4 Å². The lowest BCUT2D eigenvalue weighted by Gasteiger charge is -2.16. The molecule has 3 aliphatic rings. The van der Waals surface area contributed by atoms with Gasteiger partial charge in [-0.25, -0.2) is 5.01 Å². The predicted octanol–water partition coefficient (Wildman–Crippen LogP) is 2.53. The Morgan fingerprint density at radius 3 is 2.61 bits per heavy atom. The minimum absolute atomic E-state index is 0.00176. The van der Waals surface area contributed by atoms with Gasteiger partial charge in [-0.15, -0.1) is 0 Å². The normalized spacial score (nSPS) is 16.0. The summed E-state index contributed by atoms with van der Waals surface area (Å²) >= 11 is 0. The molecule has 1 heterocycles. The molecule has 1 N–H and O–H groups in total. The second kappa shape index (κ2) is 4.78. The maximum atomic E-state index is 12.2. The number of carbonyl (C=O) groups is 1. The molecule has 0 spiro atoms. The number of nitrogens with one attached hydrogen (secondary N) is 1. The van der Waals surface area contributed by atoms with Crippen LogP contribution in [0, 0.1) is 0 Å². The number of rotatable bonds is 2. The first kappa shape index (κ1) is 11.2. The van der Waals surface area contributed by atoms with E-state index in [2.05, 4.69) is 5.43 Å². The number of hydrogen-bond acceptors (Lipinski definition) is 2. The Balaban J connectivity index is 1.84. The molecule has 0 unspecified atom stereocenters. The average Bonchev–Trinajstić information content (AvgIpc) is 2.95. The highest BCUT2D eigenvalue weighted by Gasteiger charge is 2.18. The summed E-state index contributed by atoms with van der Waals surface area (Å²) in [7, 11) is 0. The number of hydrogen-bond donors (Lipinski definition) is 1. The quantitative estimate of drug-likeness (QED) is 0.874. The monoisotopic (exact) mass is 240 g/mol. The first-order valence-electron chi connectivity index (χ1n) is 6.38. The van der Waals surface area contributed by atoms with Crippen molar-refractivity contribution >= 4 is 5.91 Å². The first-order valence-corrected chi connectivity index (χ1v) is 6.38. The van der Waals surface area contributed by atoms with Gasteiger partial charge in [0.1, 0.15) is 0 Å². The van der Waals surface area contributed by atoms with E-state index in [0.717, 1.165) is 42.6 Å². The number of carbonyl (C=O) groups excluding carboxylic acids is 1. The van der Waals surface area contributed by atoms with E-state index in [4.69, 9.17) is 0 Å². The molecule has 0 atom stereocenters. The van der Waals surface area contributed by atoms with Crippen LogP contribution in [0.4, 0.5) is 0 Å². The molecule has 1 fully saturated rings. The van der Waals surface area contributed by atoms with Crippen molar-refractivity contribution in [3.63, 3.8) is 0 Å². The smallest absolute Gasteiger partial charge is 0.266 e. The molecule has 0 radical (unpaired) electrons. The van der Waals surface area contributed by atoms with Gasteiger partial charge >= 0.3 is 0 Å². The minimum Gasteiger partial charge on any atom is -0.285 e. The number of amides is 1. The molecule has 3 heteroatoms. The maximum absolute atomic E-state index is 12.2. The van der Waals surface area contributed by atoms with E-state index in [9.17, 15) is 4.79 Å². The number of hydrazine groups is 1. The molecule has 0 aromatic rings. The Bertz CT molecular complexity index is 532. The number of nitrogens with zero attached hydrogens (tertiary/aromatic N) is 1. The van der Waals surface area contributed by atoms with Gasteiger partial charge in [0.05, 0.1) is 0 Å². The van der Waals surface area contributed by atoms with E-state index in [1.807, 2.05) is 47.5 Å². The van der Waals surface area contributed by atoms with Crippen LogP contribution >= 0.6 is 0 Å². The summed E-state index contributed by atoms with van der Waals surface area (Å²) < 4.78 is 0. The second-order valence-corrected chi connectivity index (χ2v) is 4.66. The highest BCUT2D eigenvalue weighted by molar-refractivity contribution is 6.01. The molecule has 3 nitrogen and oxygen atoms in total. The Labute approximate surface area is 107 Å². The maximum Gasteiger partial charge on any atom is 0.266 e. The van der Waals surface area contributed by atoms with E-state index in [1.54, 1.807) is 0 Å². The van der Waals surface area contributed by atoms with E-state index in [1.165, 1.54) is 0 Å². The summed E-state index contributed by atoms with van der Waals surface area (Å²) in [4.78, 5) is 12.2. The third-order valence-corrected chi connectivity index (χ3v) is 3.40. The van der Waals surface area contributed by atoms with E-state index in [-0.39, 0.29) is 5.91 Å². The van der Waals surface area contributed by atoms with Crippen molar-refractivity contribution < 1.29 is 4.79 Å². The minimum atomic E-state index is -0.00176. The predicted molar refractivity (Wildman–Crippen MR) is 71.3 cm³/mol. The highest BCUT2D eigenvalue weighted by Crippen LogP contribution is 2.26. The average molecular weight is 240 g/mol. The van der Waals surface area contributed by atoms with Gasteiger partial charge in [-0.05, 0) is 30.0 Å². The molecule has 1 amide bonds. The van der Waals surface area contributed by atoms with Crippen molar-refractivity contribution in [1.82, 2.24) is 10.4 Å². The Kier molecular flexibility index (Phi) is 2.99. The summed E-state index contributed by atoms with van der Waals surface area (Å²) in [6.45, 7) is 1.91. The zero-order chi connectivity index (χ0) is 12.4. The molecule has 92 valence electrons. The van der Waals surface area contributed by atoms with Crippen LogP contribution in [0.5, 0.6) is 0 Å². The van der Waals surface area contributed by atoms with Crippen LogP contribution in [-0.2, 0) is 0 Å². The van der Waals surface area contributed by atoms with Crippen LogP contribution in [0.15, 0.2) is 42.5 Å². The lowest BCUT2D eigenvalue weighted by atomic mass is 10.1. The van der Waals surface area contributed by atoms with Crippen molar-refractivity contribution in [2.45, 2.75) is 12.8 Å². The van der Waals surface area contributed by atoms with Crippen LogP contribution < -0.4 is 5.43 Å². The summed E-state index contributed by atoms with van der Waals surface area (Å²) in [5.41, 5.74) is 5.85. The van der Waals surface area contributed by atoms with Crippen molar-refractivity contribution in [1.29, 1.82) is 0 Å². The molecule has 3 rings (SSSR count). The van der Waals surface area contributed by atoms with Crippen LogP contribution in [-0.4, -0.2) is 24.0 Å². The molecule has 0 aromatic carbocycles. The van der Waals surface area contributed by atoms with Gasteiger partial charge in [-0.2, -0.15) is 0 Å². The largest absolute Gasteiger partial charge is 0.285 e. The topological polar surface area (TPSA) is 32.3 Å². The Morgan fingerprint density at radius 2 is 1.78 bits per heavy atom. The third-order valence-electron chi connectivity index (χ3n) is 3.40. The van der Waals surface area contributed by atoms with Crippen LogP contribution in [0.25, 0.3) is 11.1 Å². The van der Waals surface area contributed by atoms with Crippen LogP contribution in [0.2, 0.25) is 0 Å². The summed E-state index contributed by atoms with van der Waals surface area (Å²) in [6.07, 6.45) is 2.33. The lowest BCUT2D eigenvalue weighted by Crippen LogP contribution is -2.39. The van der Waals surface area contributed by atoms with Crippen molar-refractivity contribution in [3.05, 3.63) is 48.0 Å². The summed E-state index contributed by atoms with van der Waals surface area (Å²) in [5, 5.41) is 2.00. The standard InChI is InChI=1S/C15H16N2O/c18-15(16-17-10-4-5-11-17)14-9-8-12-6-2-1-3-7-13(12)14/h1-3,6-9H,4-5,10-11H2,(H,16,18). The van der Waals surface area contributed by atoms with Gasteiger partial charge in [0.25, 0.3) is 5.91 Å². The molecule has 0 aromatic heterocycles. The fraction of sp³-hybridized carbons (Fsp3) is 0.267. The molecule has 0 saturated carbocycles. The highest BCUT2D eigenvalue weighted by atomic mass is 16.2. The van der Waals surface area contributed by atoms with Gasteiger partial charge in [0, 0.05) is 18.7 Å². The van der Waals surface area contributed by atoms with Gasteiger partial charge in [-0.3, -0.25) is 10.2 Å². The second-order valence-electron chi connectivity index (χ2n) is 4.66. The molecular formula is C15H16N2O. The van der Waals surface area contributed by atoms with Crippen molar-refractivity contribution in [2.75, 3.05) is 13.1 Å². The van der Waals surface area contributed by atoms with E-state index < -0.39 is 0 Å². The van der Waals surface area contributed by atoms with Gasteiger partial charge < -0.3 is 0 Å². The first-order chi connectivity index (χ1) is 8.84. The molecule has 1 saturated heterocycles. The van der Waals surface area contributed by atoms with Crippen LogP contribution in [0.1, 0.15) is 23.2 Å². The van der Waals surface area contributed by atoms with Crippen LogP contribution in [0.3, 0.4) is 0 Å². The molecule has 18 heavy (non-hydrogen) atoms. The molecule has 1 aliphatic heterocycles. The van der Waals surface area contributed by atoms with Crippen molar-refractivity contribution in [2.24, 2.45) is 0 Å². The molecule has 2 aliphatic carbocycles. The fourth-order valence-corrected chi connectivity index (χ4v) is 2.45. The third kappa shape index (κ3) is 2.09. The Hall–Kier alpha value is -1.87. The fourth-order valence-electron chi connectivity index (χ4n) is 2.45. The zero-order valence-electron chi connectivity index (χ0n) is 10.2. The van der Waals surface area contributed by atoms with Gasteiger partial charge in [0.15, 0.2) is 0 Å². The zero-order valence-corrected chi connectivity index (χ0v) is 10.2. The Morgan fingerprint density at radius 1 is 1.00 bits per heavy atom. The number of fused-ring (bicyclic) bond motifs is 1. The van der Waals surface area contributed by atoms with E-state index in [0.29, 0.717) is 0 Å². The van der Waals surface area contributed by atoms with Crippen molar-refractivity contribution in [3.8, 4) is 11.1 Å². The lowest BCUT2D eigenvalue weighted by molar-refractivity contribution is 0.0827. The van der Waals surface area contributed by atoms with E-state index >= 15 is 0 Å². The summed E-state index contributed by atoms with van der Waals surface area (Å²) in [5.74, 6) is -0.00176.